The van der Waals surface area contributed by atoms with Gasteiger partial charge in [-0.2, -0.15) is 0 Å². The van der Waals surface area contributed by atoms with Gasteiger partial charge in [0.25, 0.3) is 0 Å². The summed E-state index contributed by atoms with van der Waals surface area (Å²) in [6.07, 6.45) is 4.74. The van der Waals surface area contributed by atoms with Crippen LogP contribution in [0.5, 0.6) is 0 Å². The summed E-state index contributed by atoms with van der Waals surface area (Å²) >= 11 is 0. The summed E-state index contributed by atoms with van der Waals surface area (Å²) in [7, 11) is 2.17. The van der Waals surface area contributed by atoms with Crippen molar-refractivity contribution in [1.29, 1.82) is 0 Å². The lowest BCUT2D eigenvalue weighted by molar-refractivity contribution is -0.134. The van der Waals surface area contributed by atoms with E-state index in [4.69, 9.17) is 20.7 Å². The normalized spacial score (nSPS) is 28.3. The molecule has 0 aromatic carbocycles. The predicted molar refractivity (Wildman–Crippen MR) is 77.0 cm³/mol. The minimum atomic E-state index is -1.26. The third kappa shape index (κ3) is 5.82. The number of carboxylic acids is 2. The number of piperidine rings is 1. The van der Waals surface area contributed by atoms with Gasteiger partial charge in [0.1, 0.15) is 0 Å². The molecule has 2 aliphatic rings. The quantitative estimate of drug-likeness (QED) is 0.628. The second-order valence-electron chi connectivity index (χ2n) is 5.69. The number of hydrogen-bond donors (Lipinski definition) is 3. The summed E-state index contributed by atoms with van der Waals surface area (Å²) in [5.41, 5.74) is 6.11. The molecule has 0 saturated carbocycles. The van der Waals surface area contributed by atoms with Crippen molar-refractivity contribution in [3.8, 4) is 0 Å². The van der Waals surface area contributed by atoms with Gasteiger partial charge in [-0.3, -0.25) is 0 Å². The molecule has 0 radical (unpaired) electrons. The number of likely N-dealkylation sites (tertiary alicyclic amines) is 1. The Balaban J connectivity index is 0.000000240. The summed E-state index contributed by atoms with van der Waals surface area (Å²) in [6, 6.07) is 0.253. The van der Waals surface area contributed by atoms with Crippen molar-refractivity contribution in [2.75, 3.05) is 20.1 Å². The molecule has 2 unspecified atom stereocenters. The molecule has 2 fully saturated rings. The Morgan fingerprint density at radius 1 is 1.24 bits per heavy atom. The molecule has 0 aromatic rings. The van der Waals surface area contributed by atoms with E-state index >= 15 is 0 Å². The standard InChI is InChI=1S/C10H20N2O.C4H4O4/c1-8-9(11)7-10(13-8)3-5-12(2)6-4-10;5-3(6)1-2-4(7)8/h8-9H,3-7,11H2,1-2H3;1-2H,(H,5,6)(H,7,8). The van der Waals surface area contributed by atoms with Crippen molar-refractivity contribution in [1.82, 2.24) is 4.90 Å². The molecule has 0 bridgehead atoms. The highest BCUT2D eigenvalue weighted by Crippen LogP contribution is 2.37. The van der Waals surface area contributed by atoms with Gasteiger partial charge in [0.05, 0.1) is 11.7 Å². The summed E-state index contributed by atoms with van der Waals surface area (Å²) < 4.78 is 6.00. The van der Waals surface area contributed by atoms with Crippen LogP contribution < -0.4 is 5.73 Å². The van der Waals surface area contributed by atoms with E-state index in [0.29, 0.717) is 12.2 Å². The summed E-state index contributed by atoms with van der Waals surface area (Å²) in [5.74, 6) is -2.51. The maximum absolute atomic E-state index is 9.55. The van der Waals surface area contributed by atoms with E-state index in [1.165, 1.54) is 0 Å². The van der Waals surface area contributed by atoms with E-state index < -0.39 is 11.9 Å². The number of rotatable bonds is 2. The maximum Gasteiger partial charge on any atom is 0.328 e. The second-order valence-corrected chi connectivity index (χ2v) is 5.69. The van der Waals surface area contributed by atoms with E-state index in [1.54, 1.807) is 0 Å². The Labute approximate surface area is 124 Å². The largest absolute Gasteiger partial charge is 0.478 e. The zero-order valence-corrected chi connectivity index (χ0v) is 12.5. The lowest BCUT2D eigenvalue weighted by atomic mass is 9.87. The SMILES string of the molecule is CC1OC2(CCN(C)CC2)CC1N.O=C(O)C=CC(=O)O. The highest BCUT2D eigenvalue weighted by Gasteiger charge is 2.44. The van der Waals surface area contributed by atoms with Crippen molar-refractivity contribution in [3.63, 3.8) is 0 Å². The van der Waals surface area contributed by atoms with E-state index in [9.17, 15) is 9.59 Å². The fourth-order valence-electron chi connectivity index (χ4n) is 2.62. The van der Waals surface area contributed by atoms with Gasteiger partial charge in [-0.25, -0.2) is 9.59 Å². The third-order valence-corrected chi connectivity index (χ3v) is 3.91. The first-order valence-electron chi connectivity index (χ1n) is 7.00. The first-order chi connectivity index (χ1) is 9.74. The van der Waals surface area contributed by atoms with Crippen LogP contribution in [0.4, 0.5) is 0 Å². The maximum atomic E-state index is 9.55. The molecule has 7 nitrogen and oxygen atoms in total. The molecule has 7 heteroatoms. The van der Waals surface area contributed by atoms with Crippen LogP contribution in [-0.2, 0) is 14.3 Å². The van der Waals surface area contributed by atoms with Gasteiger partial charge < -0.3 is 25.6 Å². The van der Waals surface area contributed by atoms with Crippen LogP contribution in [0.1, 0.15) is 26.2 Å². The van der Waals surface area contributed by atoms with Gasteiger partial charge in [-0.1, -0.05) is 0 Å². The predicted octanol–water partition coefficient (Wildman–Crippen LogP) is 0.299. The summed E-state index contributed by atoms with van der Waals surface area (Å²) in [5, 5.41) is 15.6. The van der Waals surface area contributed by atoms with Crippen LogP contribution in [0.3, 0.4) is 0 Å². The Morgan fingerprint density at radius 3 is 2.05 bits per heavy atom. The lowest BCUT2D eigenvalue weighted by Gasteiger charge is -2.37. The molecule has 1 spiro atoms. The molecule has 2 rings (SSSR count). The molecule has 0 amide bonds. The smallest absolute Gasteiger partial charge is 0.328 e. The molecule has 21 heavy (non-hydrogen) atoms. The lowest BCUT2D eigenvalue weighted by Crippen LogP contribution is -2.42. The Bertz CT molecular complexity index is 374. The molecular weight excluding hydrogens is 276 g/mol. The van der Waals surface area contributed by atoms with Gasteiger partial charge in [-0.15, -0.1) is 0 Å². The molecule has 0 aliphatic carbocycles. The number of carbonyl (C=O) groups is 2. The first kappa shape index (κ1) is 17.6. The van der Waals surface area contributed by atoms with Crippen molar-refractivity contribution in [2.45, 2.75) is 43.9 Å². The zero-order chi connectivity index (χ0) is 16.0. The van der Waals surface area contributed by atoms with Gasteiger partial charge in [-0.05, 0) is 33.2 Å². The molecule has 2 atom stereocenters. The fraction of sp³-hybridized carbons (Fsp3) is 0.714. The average molecular weight is 300 g/mol. The van der Waals surface area contributed by atoms with Crippen molar-refractivity contribution >= 4 is 11.9 Å². The summed E-state index contributed by atoms with van der Waals surface area (Å²) in [4.78, 5) is 21.5. The first-order valence-corrected chi connectivity index (χ1v) is 7.00. The minimum Gasteiger partial charge on any atom is -0.478 e. The van der Waals surface area contributed by atoms with E-state index in [0.717, 1.165) is 32.4 Å². The van der Waals surface area contributed by atoms with Gasteiger partial charge in [0.2, 0.25) is 0 Å². The van der Waals surface area contributed by atoms with E-state index in [2.05, 4.69) is 18.9 Å². The number of ether oxygens (including phenoxy) is 1. The topological polar surface area (TPSA) is 113 Å². The van der Waals surface area contributed by atoms with Gasteiger partial charge >= 0.3 is 11.9 Å². The Kier molecular flexibility index (Phi) is 6.32. The summed E-state index contributed by atoms with van der Waals surface area (Å²) in [6.45, 7) is 4.40. The van der Waals surface area contributed by atoms with Crippen molar-refractivity contribution < 1.29 is 24.5 Å². The highest BCUT2D eigenvalue weighted by molar-refractivity contribution is 5.89. The third-order valence-electron chi connectivity index (χ3n) is 3.91. The fourth-order valence-corrected chi connectivity index (χ4v) is 2.62. The molecular formula is C14H24N2O5. The van der Waals surface area contributed by atoms with Crippen LogP contribution in [0.15, 0.2) is 12.2 Å². The molecule has 2 heterocycles. The average Bonchev–Trinajstić information content (AvgIpc) is 2.67. The number of nitrogens with zero attached hydrogens (tertiary/aromatic N) is 1. The zero-order valence-electron chi connectivity index (χ0n) is 12.5. The Hall–Kier alpha value is -1.44. The monoisotopic (exact) mass is 300 g/mol. The molecule has 120 valence electrons. The molecule has 2 saturated heterocycles. The van der Waals surface area contributed by atoms with Gasteiger partial charge in [0, 0.05) is 31.3 Å². The number of carboxylic acid groups (broad SMARTS) is 2. The highest BCUT2D eigenvalue weighted by atomic mass is 16.5. The molecule has 2 aliphatic heterocycles. The number of aliphatic carboxylic acids is 2. The van der Waals surface area contributed by atoms with Crippen molar-refractivity contribution in [2.24, 2.45) is 5.73 Å². The number of hydrogen-bond acceptors (Lipinski definition) is 5. The van der Waals surface area contributed by atoms with Crippen LogP contribution >= 0.6 is 0 Å². The minimum absolute atomic E-state index is 0.130. The molecule has 0 aromatic heterocycles. The van der Waals surface area contributed by atoms with Crippen LogP contribution in [0.25, 0.3) is 0 Å². The Morgan fingerprint density at radius 2 is 1.71 bits per heavy atom. The van der Waals surface area contributed by atoms with Crippen molar-refractivity contribution in [3.05, 3.63) is 12.2 Å². The van der Waals surface area contributed by atoms with Crippen LogP contribution in [0, 0.1) is 0 Å². The second kappa shape index (κ2) is 7.53. The van der Waals surface area contributed by atoms with E-state index in [1.807, 2.05) is 0 Å². The van der Waals surface area contributed by atoms with Gasteiger partial charge in [0.15, 0.2) is 0 Å². The van der Waals surface area contributed by atoms with E-state index in [-0.39, 0.29) is 17.7 Å². The van der Waals surface area contributed by atoms with Crippen LogP contribution in [0.2, 0.25) is 0 Å². The number of nitrogens with two attached hydrogens (primary N) is 1. The molecule has 4 N–H and O–H groups in total. The van der Waals surface area contributed by atoms with Crippen LogP contribution in [-0.4, -0.2) is 64.9 Å².